The molecule has 0 heterocycles. The van der Waals surface area contributed by atoms with Crippen LogP contribution in [0.2, 0.25) is 0 Å². The van der Waals surface area contributed by atoms with Crippen LogP contribution in [0.1, 0.15) is 5.56 Å². The highest BCUT2D eigenvalue weighted by Gasteiger charge is 2.25. The zero-order valence-electron chi connectivity index (χ0n) is 12.3. The summed E-state index contributed by atoms with van der Waals surface area (Å²) in [6, 6.07) is 14.2. The van der Waals surface area contributed by atoms with Gasteiger partial charge in [-0.2, -0.15) is 0 Å². The molecule has 8 heteroatoms. The standard InChI is InChI=1S/C15H17N3O4S/c16-13(10-12-6-2-1-3-7-12)11-17-23(21,22)15-9-5-4-8-14(15)18(19)20/h1-9,13,17H,10-11,16H2. The summed E-state index contributed by atoms with van der Waals surface area (Å²) in [6.45, 7) is -0.0106. The van der Waals surface area contributed by atoms with E-state index < -0.39 is 26.7 Å². The molecule has 2 aromatic rings. The Balaban J connectivity index is 2.06. The van der Waals surface area contributed by atoms with Crippen molar-refractivity contribution in [2.75, 3.05) is 6.54 Å². The number of rotatable bonds is 7. The van der Waals surface area contributed by atoms with Crippen LogP contribution in [0, 0.1) is 10.1 Å². The summed E-state index contributed by atoms with van der Waals surface area (Å²) in [5.41, 5.74) is 6.46. The fourth-order valence-corrected chi connectivity index (χ4v) is 3.38. The molecular formula is C15H17N3O4S. The first-order valence-electron chi connectivity index (χ1n) is 6.93. The molecule has 0 aliphatic heterocycles. The maximum atomic E-state index is 12.2. The van der Waals surface area contributed by atoms with Gasteiger partial charge in [0.25, 0.3) is 5.69 Å². The molecule has 0 amide bonds. The van der Waals surface area contributed by atoms with Gasteiger partial charge in [-0.05, 0) is 18.1 Å². The van der Waals surface area contributed by atoms with Crippen molar-refractivity contribution in [2.24, 2.45) is 5.73 Å². The molecule has 23 heavy (non-hydrogen) atoms. The van der Waals surface area contributed by atoms with E-state index in [1.54, 1.807) is 0 Å². The van der Waals surface area contributed by atoms with E-state index in [0.29, 0.717) is 6.42 Å². The number of nitrogens with one attached hydrogen (secondary N) is 1. The van der Waals surface area contributed by atoms with E-state index in [2.05, 4.69) is 4.72 Å². The SMILES string of the molecule is NC(CNS(=O)(=O)c1ccccc1[N+](=O)[O-])Cc1ccccc1. The van der Waals surface area contributed by atoms with E-state index in [1.807, 2.05) is 30.3 Å². The van der Waals surface area contributed by atoms with Crippen molar-refractivity contribution in [3.8, 4) is 0 Å². The Labute approximate surface area is 134 Å². The van der Waals surface area contributed by atoms with Gasteiger partial charge in [0.1, 0.15) is 0 Å². The number of nitro groups is 1. The van der Waals surface area contributed by atoms with Crippen LogP contribution < -0.4 is 10.5 Å². The van der Waals surface area contributed by atoms with Gasteiger partial charge in [0.2, 0.25) is 10.0 Å². The third-order valence-corrected chi connectivity index (χ3v) is 4.70. The Hall–Kier alpha value is -2.29. The average molecular weight is 335 g/mol. The summed E-state index contributed by atoms with van der Waals surface area (Å²) in [7, 11) is -3.99. The molecule has 0 aliphatic carbocycles. The Bertz CT molecular complexity index is 778. The molecule has 0 spiro atoms. The molecule has 0 saturated carbocycles. The summed E-state index contributed by atoms with van der Waals surface area (Å²) >= 11 is 0. The lowest BCUT2D eigenvalue weighted by Crippen LogP contribution is -2.38. The van der Waals surface area contributed by atoms with Crippen LogP contribution in [-0.4, -0.2) is 25.9 Å². The van der Waals surface area contributed by atoms with Crippen molar-refractivity contribution in [1.82, 2.24) is 4.72 Å². The second-order valence-corrected chi connectivity index (χ2v) is 6.76. The number of para-hydroxylation sites is 1. The van der Waals surface area contributed by atoms with Crippen LogP contribution in [0.5, 0.6) is 0 Å². The Kier molecular flexibility index (Phi) is 5.43. The predicted octanol–water partition coefficient (Wildman–Crippen LogP) is 1.44. The van der Waals surface area contributed by atoms with Crippen LogP contribution in [0.25, 0.3) is 0 Å². The van der Waals surface area contributed by atoms with Gasteiger partial charge < -0.3 is 5.73 Å². The maximum absolute atomic E-state index is 12.2. The molecule has 0 saturated heterocycles. The highest BCUT2D eigenvalue weighted by Crippen LogP contribution is 2.22. The van der Waals surface area contributed by atoms with E-state index >= 15 is 0 Å². The van der Waals surface area contributed by atoms with Crippen molar-refractivity contribution in [3.63, 3.8) is 0 Å². The average Bonchev–Trinajstić information content (AvgIpc) is 2.54. The van der Waals surface area contributed by atoms with E-state index in [-0.39, 0.29) is 11.4 Å². The van der Waals surface area contributed by atoms with Crippen molar-refractivity contribution < 1.29 is 13.3 Å². The minimum atomic E-state index is -3.99. The van der Waals surface area contributed by atoms with Gasteiger partial charge >= 0.3 is 0 Å². The van der Waals surface area contributed by atoms with Crippen LogP contribution in [0.15, 0.2) is 59.5 Å². The molecule has 0 aromatic heterocycles. The molecule has 122 valence electrons. The molecule has 0 radical (unpaired) electrons. The zero-order chi connectivity index (χ0) is 16.9. The van der Waals surface area contributed by atoms with Crippen molar-refractivity contribution in [2.45, 2.75) is 17.4 Å². The Morgan fingerprint density at radius 2 is 1.70 bits per heavy atom. The van der Waals surface area contributed by atoms with Gasteiger partial charge in [-0.3, -0.25) is 10.1 Å². The molecule has 2 aromatic carbocycles. The van der Waals surface area contributed by atoms with Crippen molar-refractivity contribution in [3.05, 3.63) is 70.3 Å². The fourth-order valence-electron chi connectivity index (χ4n) is 2.12. The number of nitrogens with zero attached hydrogens (tertiary/aromatic N) is 1. The summed E-state index contributed by atoms with van der Waals surface area (Å²) in [5.74, 6) is 0. The third kappa shape index (κ3) is 4.59. The topological polar surface area (TPSA) is 115 Å². The molecular weight excluding hydrogens is 318 g/mol. The van der Waals surface area contributed by atoms with Crippen molar-refractivity contribution >= 4 is 15.7 Å². The number of nitrogens with two attached hydrogens (primary N) is 1. The second-order valence-electron chi connectivity index (χ2n) is 5.03. The largest absolute Gasteiger partial charge is 0.326 e. The molecule has 2 rings (SSSR count). The first-order chi connectivity index (χ1) is 10.9. The quantitative estimate of drug-likeness (QED) is 0.587. The molecule has 0 aliphatic rings. The lowest BCUT2D eigenvalue weighted by Gasteiger charge is -2.13. The highest BCUT2D eigenvalue weighted by molar-refractivity contribution is 7.89. The van der Waals surface area contributed by atoms with Crippen LogP contribution >= 0.6 is 0 Å². The van der Waals surface area contributed by atoms with Gasteiger partial charge in [0.05, 0.1) is 4.92 Å². The number of hydrogen-bond acceptors (Lipinski definition) is 5. The van der Waals surface area contributed by atoms with Crippen LogP contribution in [0.4, 0.5) is 5.69 Å². The minimum Gasteiger partial charge on any atom is -0.326 e. The van der Waals surface area contributed by atoms with E-state index in [0.717, 1.165) is 11.6 Å². The molecule has 3 N–H and O–H groups in total. The van der Waals surface area contributed by atoms with E-state index in [1.165, 1.54) is 18.2 Å². The maximum Gasteiger partial charge on any atom is 0.289 e. The second kappa shape index (κ2) is 7.32. The summed E-state index contributed by atoms with van der Waals surface area (Å²) in [5, 5.41) is 10.9. The molecule has 1 unspecified atom stereocenters. The fraction of sp³-hybridized carbons (Fsp3) is 0.200. The summed E-state index contributed by atoms with van der Waals surface area (Å²) in [6.07, 6.45) is 0.500. The molecule has 1 atom stereocenters. The normalized spacial score (nSPS) is 12.7. The molecule has 0 fully saturated rings. The van der Waals surface area contributed by atoms with Crippen molar-refractivity contribution in [1.29, 1.82) is 0 Å². The van der Waals surface area contributed by atoms with Gasteiger partial charge in [-0.15, -0.1) is 0 Å². The Morgan fingerprint density at radius 1 is 1.09 bits per heavy atom. The first kappa shape index (κ1) is 17.1. The highest BCUT2D eigenvalue weighted by atomic mass is 32.2. The van der Waals surface area contributed by atoms with Crippen LogP contribution in [-0.2, 0) is 16.4 Å². The lowest BCUT2D eigenvalue weighted by atomic mass is 10.1. The number of hydrogen-bond donors (Lipinski definition) is 2. The summed E-state index contributed by atoms with van der Waals surface area (Å²) in [4.78, 5) is 9.85. The minimum absolute atomic E-state index is 0.0106. The number of benzene rings is 2. The lowest BCUT2D eigenvalue weighted by molar-refractivity contribution is -0.387. The van der Waals surface area contributed by atoms with Gasteiger partial charge in [0, 0.05) is 18.7 Å². The zero-order valence-corrected chi connectivity index (χ0v) is 13.1. The van der Waals surface area contributed by atoms with E-state index in [4.69, 9.17) is 5.73 Å². The third-order valence-electron chi connectivity index (χ3n) is 3.23. The van der Waals surface area contributed by atoms with E-state index in [9.17, 15) is 18.5 Å². The smallest absolute Gasteiger partial charge is 0.289 e. The molecule has 0 bridgehead atoms. The predicted molar refractivity (Wildman–Crippen MR) is 86.4 cm³/mol. The van der Waals surface area contributed by atoms with Gasteiger partial charge in [-0.25, -0.2) is 13.1 Å². The van der Waals surface area contributed by atoms with Gasteiger partial charge in [0.15, 0.2) is 4.90 Å². The van der Waals surface area contributed by atoms with Crippen LogP contribution in [0.3, 0.4) is 0 Å². The monoisotopic (exact) mass is 335 g/mol. The van der Waals surface area contributed by atoms with Gasteiger partial charge in [-0.1, -0.05) is 42.5 Å². The Morgan fingerprint density at radius 3 is 2.35 bits per heavy atom. The number of sulfonamides is 1. The first-order valence-corrected chi connectivity index (χ1v) is 8.41. The molecule has 7 nitrogen and oxygen atoms in total. The summed E-state index contributed by atoms with van der Waals surface area (Å²) < 4.78 is 26.8. The number of nitro benzene ring substituents is 1.